The minimum Gasteiger partial charge on any atom is -0.335 e. The average molecular weight is 314 g/mol. The average Bonchev–Trinajstić information content (AvgIpc) is 2.95. The summed E-state index contributed by atoms with van der Waals surface area (Å²) in [6.45, 7) is 1.91. The number of nitrogens with zero attached hydrogens (tertiary/aromatic N) is 3. The van der Waals surface area contributed by atoms with Crippen molar-refractivity contribution in [2.75, 3.05) is 5.32 Å². The normalized spacial score (nSPS) is 10.9. The second-order valence-corrected chi connectivity index (χ2v) is 5.24. The standard InChI is InChI=1S/C15H14N4O4/c1-8-4-6-9(7-5-8)12(20)16-13-10-11(17-23-13)18(2)15(22)19(3)14(10)21/h4-7H,1-3H3,(H,16,20). The fourth-order valence-corrected chi connectivity index (χ4v) is 2.24. The molecule has 1 aromatic carbocycles. The van der Waals surface area contributed by atoms with Gasteiger partial charge in [0.15, 0.2) is 5.65 Å². The van der Waals surface area contributed by atoms with E-state index in [-0.39, 0.29) is 16.9 Å². The summed E-state index contributed by atoms with van der Waals surface area (Å²) in [5.41, 5.74) is 0.422. The highest BCUT2D eigenvalue weighted by Crippen LogP contribution is 2.19. The van der Waals surface area contributed by atoms with Gasteiger partial charge in [-0.3, -0.25) is 24.0 Å². The van der Waals surface area contributed by atoms with E-state index in [2.05, 4.69) is 10.5 Å². The van der Waals surface area contributed by atoms with Gasteiger partial charge in [0.2, 0.25) is 5.88 Å². The smallest absolute Gasteiger partial charge is 0.332 e. The molecule has 23 heavy (non-hydrogen) atoms. The van der Waals surface area contributed by atoms with E-state index in [1.807, 2.05) is 6.92 Å². The predicted octanol–water partition coefficient (Wildman–Crippen LogP) is 0.786. The van der Waals surface area contributed by atoms with Crippen molar-refractivity contribution < 1.29 is 9.32 Å². The third-order valence-corrected chi connectivity index (χ3v) is 3.62. The van der Waals surface area contributed by atoms with Gasteiger partial charge in [-0.15, -0.1) is 0 Å². The van der Waals surface area contributed by atoms with E-state index in [0.717, 1.165) is 10.1 Å². The zero-order valence-corrected chi connectivity index (χ0v) is 12.8. The van der Waals surface area contributed by atoms with E-state index in [1.54, 1.807) is 24.3 Å². The molecule has 3 aromatic rings. The van der Waals surface area contributed by atoms with Crippen molar-refractivity contribution in [2.45, 2.75) is 6.92 Å². The van der Waals surface area contributed by atoms with Crippen molar-refractivity contribution in [1.29, 1.82) is 0 Å². The molecule has 0 radical (unpaired) electrons. The second-order valence-electron chi connectivity index (χ2n) is 5.24. The number of carbonyl (C=O) groups excluding carboxylic acids is 1. The molecule has 0 saturated heterocycles. The van der Waals surface area contributed by atoms with Crippen LogP contribution in [0.2, 0.25) is 0 Å². The zero-order chi connectivity index (χ0) is 16.7. The lowest BCUT2D eigenvalue weighted by Gasteiger charge is -2.04. The Morgan fingerprint density at radius 2 is 1.78 bits per heavy atom. The summed E-state index contributed by atoms with van der Waals surface area (Å²) in [7, 11) is 2.82. The molecule has 0 saturated carbocycles. The Bertz CT molecular complexity index is 1020. The summed E-state index contributed by atoms with van der Waals surface area (Å²) >= 11 is 0. The number of aromatic nitrogens is 3. The molecule has 0 fully saturated rings. The van der Waals surface area contributed by atoms with Gasteiger partial charge < -0.3 is 4.52 Å². The van der Waals surface area contributed by atoms with Gasteiger partial charge in [0.1, 0.15) is 5.39 Å². The van der Waals surface area contributed by atoms with Crippen LogP contribution in [0.1, 0.15) is 15.9 Å². The van der Waals surface area contributed by atoms with Crippen LogP contribution in [0.4, 0.5) is 5.88 Å². The van der Waals surface area contributed by atoms with E-state index >= 15 is 0 Å². The molecule has 8 nitrogen and oxygen atoms in total. The molecule has 0 bridgehead atoms. The lowest BCUT2D eigenvalue weighted by atomic mass is 10.1. The molecule has 118 valence electrons. The Kier molecular flexibility index (Phi) is 3.36. The van der Waals surface area contributed by atoms with Gasteiger partial charge in [0.25, 0.3) is 11.5 Å². The van der Waals surface area contributed by atoms with Crippen molar-refractivity contribution in [1.82, 2.24) is 14.3 Å². The van der Waals surface area contributed by atoms with Crippen molar-refractivity contribution in [3.8, 4) is 0 Å². The number of nitrogens with one attached hydrogen (secondary N) is 1. The summed E-state index contributed by atoms with van der Waals surface area (Å²) in [5.74, 6) is -0.513. The highest BCUT2D eigenvalue weighted by atomic mass is 16.5. The first-order valence-electron chi connectivity index (χ1n) is 6.83. The molecule has 0 aliphatic rings. The van der Waals surface area contributed by atoms with E-state index in [4.69, 9.17) is 4.52 Å². The monoisotopic (exact) mass is 314 g/mol. The molecule has 0 atom stereocenters. The van der Waals surface area contributed by atoms with Crippen molar-refractivity contribution in [3.63, 3.8) is 0 Å². The number of aryl methyl sites for hydroxylation is 2. The van der Waals surface area contributed by atoms with Crippen LogP contribution >= 0.6 is 0 Å². The third-order valence-electron chi connectivity index (χ3n) is 3.62. The Morgan fingerprint density at radius 3 is 2.43 bits per heavy atom. The molecule has 0 unspecified atom stereocenters. The van der Waals surface area contributed by atoms with Crippen LogP contribution in [0.5, 0.6) is 0 Å². The molecular weight excluding hydrogens is 300 g/mol. The van der Waals surface area contributed by atoms with Gasteiger partial charge in [-0.05, 0) is 19.1 Å². The van der Waals surface area contributed by atoms with Gasteiger partial charge in [-0.1, -0.05) is 22.9 Å². The lowest BCUT2D eigenvalue weighted by Crippen LogP contribution is -2.37. The van der Waals surface area contributed by atoms with Crippen LogP contribution in [0.15, 0.2) is 38.4 Å². The first-order chi connectivity index (χ1) is 10.9. The van der Waals surface area contributed by atoms with Crippen LogP contribution < -0.4 is 16.6 Å². The van der Waals surface area contributed by atoms with Crippen LogP contribution in [0, 0.1) is 6.92 Å². The molecule has 2 aromatic heterocycles. The fourth-order valence-electron chi connectivity index (χ4n) is 2.24. The molecule has 0 aliphatic carbocycles. The molecule has 8 heteroatoms. The number of anilines is 1. The summed E-state index contributed by atoms with van der Waals surface area (Å²) in [6, 6.07) is 6.93. The number of carbonyl (C=O) groups is 1. The van der Waals surface area contributed by atoms with Gasteiger partial charge in [0, 0.05) is 19.7 Å². The largest absolute Gasteiger partial charge is 0.335 e. The number of amides is 1. The van der Waals surface area contributed by atoms with E-state index in [1.165, 1.54) is 18.7 Å². The SMILES string of the molecule is Cc1ccc(C(=O)Nc2onc3c2c(=O)n(C)c(=O)n3C)cc1. The number of rotatable bonds is 2. The Morgan fingerprint density at radius 1 is 1.13 bits per heavy atom. The fraction of sp³-hybridized carbons (Fsp3) is 0.200. The second kappa shape index (κ2) is 5.24. The molecule has 3 rings (SSSR count). The van der Waals surface area contributed by atoms with Crippen molar-refractivity contribution in [2.24, 2.45) is 14.1 Å². The lowest BCUT2D eigenvalue weighted by molar-refractivity contribution is 0.102. The maximum absolute atomic E-state index is 12.2. The van der Waals surface area contributed by atoms with E-state index in [9.17, 15) is 14.4 Å². The first kappa shape index (κ1) is 14.8. The summed E-state index contributed by atoms with van der Waals surface area (Å²) in [4.78, 5) is 36.3. The number of benzene rings is 1. The van der Waals surface area contributed by atoms with Gasteiger partial charge in [-0.2, -0.15) is 0 Å². The number of hydrogen-bond acceptors (Lipinski definition) is 5. The summed E-state index contributed by atoms with van der Waals surface area (Å²) in [5, 5.41) is 6.27. The maximum atomic E-state index is 12.2. The highest BCUT2D eigenvalue weighted by Gasteiger charge is 2.20. The Labute approximate surface area is 129 Å². The molecule has 2 heterocycles. The minimum atomic E-state index is -0.580. The van der Waals surface area contributed by atoms with Crippen LogP contribution in [0.3, 0.4) is 0 Å². The highest BCUT2D eigenvalue weighted by molar-refractivity contribution is 6.06. The van der Waals surface area contributed by atoms with Gasteiger partial charge >= 0.3 is 5.69 Å². The van der Waals surface area contributed by atoms with Crippen LogP contribution in [0.25, 0.3) is 11.0 Å². The molecule has 0 aliphatic heterocycles. The molecule has 1 amide bonds. The van der Waals surface area contributed by atoms with E-state index < -0.39 is 17.2 Å². The van der Waals surface area contributed by atoms with Gasteiger partial charge in [0.05, 0.1) is 0 Å². The van der Waals surface area contributed by atoms with Crippen molar-refractivity contribution >= 4 is 22.8 Å². The zero-order valence-electron chi connectivity index (χ0n) is 12.8. The maximum Gasteiger partial charge on any atom is 0.332 e. The number of hydrogen-bond donors (Lipinski definition) is 1. The first-order valence-corrected chi connectivity index (χ1v) is 6.83. The summed E-state index contributed by atoms with van der Waals surface area (Å²) < 4.78 is 7.16. The van der Waals surface area contributed by atoms with Crippen LogP contribution in [-0.4, -0.2) is 20.2 Å². The molecule has 1 N–H and O–H groups in total. The quantitative estimate of drug-likeness (QED) is 0.754. The molecular formula is C15H14N4O4. The minimum absolute atomic E-state index is 0.0510. The molecule has 0 spiro atoms. The Hall–Kier alpha value is -3.16. The van der Waals surface area contributed by atoms with Gasteiger partial charge in [-0.25, -0.2) is 4.79 Å². The summed E-state index contributed by atoms with van der Waals surface area (Å²) in [6.07, 6.45) is 0. The third kappa shape index (κ3) is 2.33. The topological polar surface area (TPSA) is 99.1 Å². The van der Waals surface area contributed by atoms with Crippen molar-refractivity contribution in [3.05, 3.63) is 56.2 Å². The van der Waals surface area contributed by atoms with E-state index in [0.29, 0.717) is 5.56 Å². The van der Waals surface area contributed by atoms with Crippen LogP contribution in [-0.2, 0) is 14.1 Å². The number of fused-ring (bicyclic) bond motifs is 1. The Balaban J connectivity index is 2.08. The predicted molar refractivity (Wildman–Crippen MR) is 83.6 cm³/mol.